The lowest BCUT2D eigenvalue weighted by molar-refractivity contribution is 1.08. The van der Waals surface area contributed by atoms with E-state index in [1.807, 2.05) is 53.8 Å². The van der Waals surface area contributed by atoms with Gasteiger partial charge in [-0.3, -0.25) is 0 Å². The average Bonchev–Trinajstić information content (AvgIpc) is 3.96. The Morgan fingerprint density at radius 2 is 1.18 bits per heavy atom. The molecular weight excluding hydrogens is 733 g/mol. The molecule has 264 valence electrons. The molecule has 6 heteroatoms. The van der Waals surface area contributed by atoms with Crippen LogP contribution in [-0.4, -0.2) is 19.5 Å². The van der Waals surface area contributed by atoms with Crippen molar-refractivity contribution in [3.63, 3.8) is 0 Å². The molecule has 0 saturated heterocycles. The van der Waals surface area contributed by atoms with Crippen molar-refractivity contribution in [2.75, 3.05) is 0 Å². The molecule has 0 unspecified atom stereocenters. The molecule has 0 aliphatic heterocycles. The highest BCUT2D eigenvalue weighted by Crippen LogP contribution is 2.44. The summed E-state index contributed by atoms with van der Waals surface area (Å²) >= 11 is 3.62. The van der Waals surface area contributed by atoms with Gasteiger partial charge in [0.25, 0.3) is 0 Å². The third-order valence-corrected chi connectivity index (χ3v) is 13.3. The topological polar surface area (TPSA) is 43.6 Å². The molecule has 0 radical (unpaired) electrons. The van der Waals surface area contributed by atoms with Gasteiger partial charge in [0.15, 0.2) is 17.5 Å². The first kappa shape index (κ1) is 32.1. The second-order valence-electron chi connectivity index (χ2n) is 14.2. The molecule has 0 saturated carbocycles. The number of nitrogens with zero attached hydrogens (tertiary/aromatic N) is 4. The van der Waals surface area contributed by atoms with Crippen molar-refractivity contribution >= 4 is 86.5 Å². The van der Waals surface area contributed by atoms with E-state index >= 15 is 0 Å². The highest BCUT2D eigenvalue weighted by atomic mass is 32.1. The largest absolute Gasteiger partial charge is 0.309 e. The van der Waals surface area contributed by atoms with Crippen molar-refractivity contribution < 1.29 is 0 Å². The van der Waals surface area contributed by atoms with Crippen LogP contribution in [0.1, 0.15) is 0 Å². The van der Waals surface area contributed by atoms with E-state index in [1.165, 1.54) is 42.0 Å². The van der Waals surface area contributed by atoms with Crippen molar-refractivity contribution in [3.8, 4) is 51.0 Å². The van der Waals surface area contributed by atoms with Crippen LogP contribution in [0.5, 0.6) is 0 Å². The van der Waals surface area contributed by atoms with Crippen LogP contribution in [0.4, 0.5) is 0 Å². The zero-order valence-corrected chi connectivity index (χ0v) is 31.9. The van der Waals surface area contributed by atoms with E-state index in [4.69, 9.17) is 15.0 Å². The molecule has 4 aromatic heterocycles. The second-order valence-corrected chi connectivity index (χ2v) is 16.3. The van der Waals surface area contributed by atoms with Crippen LogP contribution in [-0.2, 0) is 0 Å². The fourth-order valence-electron chi connectivity index (χ4n) is 8.30. The first-order valence-corrected chi connectivity index (χ1v) is 20.5. The number of hydrogen-bond donors (Lipinski definition) is 0. The summed E-state index contributed by atoms with van der Waals surface area (Å²) in [6.45, 7) is 0. The van der Waals surface area contributed by atoms with E-state index < -0.39 is 0 Å². The molecule has 0 bridgehead atoms. The Hall–Kier alpha value is -7.17. The summed E-state index contributed by atoms with van der Waals surface area (Å²) < 4.78 is 7.32. The van der Waals surface area contributed by atoms with E-state index in [9.17, 15) is 0 Å². The molecule has 1 aliphatic carbocycles. The summed E-state index contributed by atoms with van der Waals surface area (Å²) in [5, 5.41) is 7.33. The zero-order valence-electron chi connectivity index (χ0n) is 30.3. The van der Waals surface area contributed by atoms with E-state index in [2.05, 4.69) is 143 Å². The van der Waals surface area contributed by atoms with Gasteiger partial charge in [-0.15, -0.1) is 22.7 Å². The van der Waals surface area contributed by atoms with Crippen LogP contribution >= 0.6 is 22.7 Å². The third kappa shape index (κ3) is 5.11. The number of allylic oxidation sites excluding steroid dienone is 1. The number of para-hydroxylation sites is 1. The summed E-state index contributed by atoms with van der Waals surface area (Å²) in [5.41, 5.74) is 15.2. The Labute approximate surface area is 334 Å². The normalized spacial score (nSPS) is 12.1. The smallest absolute Gasteiger partial charge is 0.165 e. The van der Waals surface area contributed by atoms with Gasteiger partial charge in [-0.25, -0.2) is 15.0 Å². The monoisotopic (exact) mass is 760 g/mol. The van der Waals surface area contributed by atoms with Crippen LogP contribution in [0.15, 0.2) is 170 Å². The lowest BCUT2D eigenvalue weighted by Gasteiger charge is -2.13. The maximum atomic E-state index is 5.18. The van der Waals surface area contributed by atoms with Gasteiger partial charge in [0.1, 0.15) is 0 Å². The van der Waals surface area contributed by atoms with E-state index in [0.717, 1.165) is 53.3 Å². The number of thiophene rings is 2. The first-order chi connectivity index (χ1) is 28.2. The number of aromatic nitrogens is 4. The molecule has 57 heavy (non-hydrogen) atoms. The van der Waals surface area contributed by atoms with Crippen LogP contribution in [0.3, 0.4) is 0 Å². The number of hydrogen-bond acceptors (Lipinski definition) is 5. The predicted octanol–water partition coefficient (Wildman–Crippen LogP) is 12.1. The minimum Gasteiger partial charge on any atom is -0.309 e. The van der Waals surface area contributed by atoms with Crippen molar-refractivity contribution in [3.05, 3.63) is 179 Å². The fourth-order valence-corrected chi connectivity index (χ4v) is 10.7. The molecule has 4 nitrogen and oxygen atoms in total. The quantitative estimate of drug-likeness (QED) is 0.164. The van der Waals surface area contributed by atoms with Crippen LogP contribution in [0.25, 0.3) is 115 Å². The van der Waals surface area contributed by atoms with Crippen molar-refractivity contribution in [1.82, 2.24) is 19.5 Å². The van der Waals surface area contributed by atoms with Gasteiger partial charge in [0, 0.05) is 67.9 Å². The molecule has 0 fully saturated rings. The van der Waals surface area contributed by atoms with Gasteiger partial charge >= 0.3 is 0 Å². The van der Waals surface area contributed by atoms with E-state index in [0.29, 0.717) is 17.5 Å². The first-order valence-electron chi connectivity index (χ1n) is 18.9. The molecule has 0 atom stereocenters. The zero-order chi connectivity index (χ0) is 37.5. The summed E-state index contributed by atoms with van der Waals surface area (Å²) in [5.74, 6) is 1.91. The van der Waals surface area contributed by atoms with Gasteiger partial charge in [-0.05, 0) is 65.7 Å². The summed E-state index contributed by atoms with van der Waals surface area (Å²) in [4.78, 5) is 15.4. The lowest BCUT2D eigenvalue weighted by atomic mass is 9.99. The molecule has 12 rings (SSSR count). The van der Waals surface area contributed by atoms with Crippen molar-refractivity contribution in [2.24, 2.45) is 0 Å². The molecule has 11 aromatic rings. The Balaban J connectivity index is 1.10. The molecule has 0 N–H and O–H groups in total. The average molecular weight is 761 g/mol. The van der Waals surface area contributed by atoms with Gasteiger partial charge in [-0.1, -0.05) is 127 Å². The molecule has 4 heterocycles. The Morgan fingerprint density at radius 3 is 1.98 bits per heavy atom. The number of rotatable bonds is 5. The molecular formula is C51H28N4S2. The fraction of sp³-hybridized carbons (Fsp3) is 0. The van der Waals surface area contributed by atoms with E-state index in [1.54, 1.807) is 11.3 Å². The van der Waals surface area contributed by atoms with Gasteiger partial charge in [-0.2, -0.15) is 0 Å². The lowest BCUT2D eigenvalue weighted by Crippen LogP contribution is -2.17. The van der Waals surface area contributed by atoms with Crippen molar-refractivity contribution in [1.29, 1.82) is 0 Å². The third-order valence-electron chi connectivity index (χ3n) is 10.9. The van der Waals surface area contributed by atoms with Crippen LogP contribution < -0.4 is 9.75 Å². The molecule has 1 aliphatic rings. The SMILES string of the molecule is C1=C=c2c(sc3c(-c4nc(-c5ccccc5)nc(-c5ccccc5)n4)cc(-c4cccc(-n5c6ccccc6c6c7sc8ccccc8c7ccc65)c4)cc23)=CC=1. The summed E-state index contributed by atoms with van der Waals surface area (Å²) in [7, 11) is 0. The molecule has 7 aromatic carbocycles. The predicted molar refractivity (Wildman–Crippen MR) is 239 cm³/mol. The number of fused-ring (bicyclic) bond motifs is 10. The van der Waals surface area contributed by atoms with E-state index in [-0.39, 0.29) is 0 Å². The number of benzene rings is 7. The summed E-state index contributed by atoms with van der Waals surface area (Å²) in [6.07, 6.45) is 4.05. The van der Waals surface area contributed by atoms with Gasteiger partial charge in [0.05, 0.1) is 16.3 Å². The van der Waals surface area contributed by atoms with Crippen molar-refractivity contribution in [2.45, 2.75) is 0 Å². The minimum absolute atomic E-state index is 0.635. The van der Waals surface area contributed by atoms with Crippen LogP contribution in [0, 0.1) is 0 Å². The van der Waals surface area contributed by atoms with Crippen LogP contribution in [0.2, 0.25) is 0 Å². The highest BCUT2D eigenvalue weighted by Gasteiger charge is 2.20. The van der Waals surface area contributed by atoms with Gasteiger partial charge in [0.2, 0.25) is 0 Å². The Bertz CT molecular complexity index is 3600. The molecule has 0 amide bonds. The highest BCUT2D eigenvalue weighted by molar-refractivity contribution is 7.26. The van der Waals surface area contributed by atoms with Gasteiger partial charge < -0.3 is 4.57 Å². The Kier molecular flexibility index (Phi) is 7.15. The molecule has 0 spiro atoms. The maximum absolute atomic E-state index is 5.18. The minimum atomic E-state index is 0.635. The Morgan fingerprint density at radius 1 is 0.474 bits per heavy atom. The standard InChI is InChI=1S/C51H28N4S2/c1-3-14-31(15-4-1)49-52-50(32-16-5-2-6-17-32)54-51(53-49)41-30-34(29-40-37-21-9-12-25-45(37)56-47(40)41)33-18-13-19-35(28-33)55-42-23-10-7-22-39(42)46-43(55)27-26-38-36-20-8-11-24-44(36)57-48(38)46/h1-8,10-20,22-30H. The maximum Gasteiger partial charge on any atom is 0.165 e. The summed E-state index contributed by atoms with van der Waals surface area (Å²) in [6, 6.07) is 55.9. The second kappa shape index (κ2) is 12.7.